The Hall–Kier alpha value is -1.68. The van der Waals surface area contributed by atoms with Gasteiger partial charge in [-0.05, 0) is 80.6 Å². The molecule has 4 heterocycles. The summed E-state index contributed by atoms with van der Waals surface area (Å²) >= 11 is 0. The van der Waals surface area contributed by atoms with Crippen LogP contribution in [0.25, 0.3) is 0 Å². The zero-order valence-electron chi connectivity index (χ0n) is 32.1. The van der Waals surface area contributed by atoms with E-state index in [4.69, 9.17) is 33.2 Å². The smallest absolute Gasteiger partial charge is 0.331 e. The quantitative estimate of drug-likeness (QED) is 0.105. The molecular formula is C39H58O17. The summed E-state index contributed by atoms with van der Waals surface area (Å²) in [6.45, 7) is 4.32. The molecule has 8 aliphatic rings. The number of carbonyl (C=O) groups is 2. The van der Waals surface area contributed by atoms with Crippen LogP contribution in [0, 0.1) is 28.6 Å². The highest BCUT2D eigenvalue weighted by Crippen LogP contribution is 2.70. The number of aliphatic hydroxyl groups is 8. The second-order valence-corrected chi connectivity index (χ2v) is 18.3. The number of carbonyl (C=O) groups excluding carboxylic acids is 2. The fourth-order valence-electron chi connectivity index (χ4n) is 12.1. The van der Waals surface area contributed by atoms with Crippen molar-refractivity contribution in [2.24, 2.45) is 28.6 Å². The molecule has 8 rings (SSSR count). The van der Waals surface area contributed by atoms with Gasteiger partial charge >= 0.3 is 5.97 Å². The highest BCUT2D eigenvalue weighted by molar-refractivity contribution is 5.94. The number of aliphatic hydroxyl groups excluding tert-OH is 5. The van der Waals surface area contributed by atoms with Gasteiger partial charge in [0, 0.05) is 24.3 Å². The van der Waals surface area contributed by atoms with Crippen LogP contribution in [0.2, 0.25) is 0 Å². The molecule has 4 aliphatic carbocycles. The predicted molar refractivity (Wildman–Crippen MR) is 187 cm³/mol. The zero-order chi connectivity index (χ0) is 40.2. The Balaban J connectivity index is 0.874. The lowest BCUT2D eigenvalue weighted by molar-refractivity contribution is -0.342. The number of Topliss-reactive ketones (excluding diaryl/α,β-unsaturated/α-hetero) is 1. The number of cyclic esters (lactones) is 1. The van der Waals surface area contributed by atoms with Gasteiger partial charge in [0.25, 0.3) is 0 Å². The molecule has 0 spiro atoms. The summed E-state index contributed by atoms with van der Waals surface area (Å²) in [5.41, 5.74) is -6.13. The molecule has 0 aromatic rings. The van der Waals surface area contributed by atoms with Crippen molar-refractivity contribution in [3.05, 3.63) is 11.6 Å². The lowest BCUT2D eigenvalue weighted by atomic mass is 9.41. The van der Waals surface area contributed by atoms with Crippen molar-refractivity contribution >= 4 is 11.8 Å². The van der Waals surface area contributed by atoms with E-state index >= 15 is 0 Å². The SMILES string of the molecule is CC1OC(OC2CCC3(C)C(CCC4(O)C3CCC3(C)C(C5=CC(=O)OC5)CC(=O)C34O)C2)CC(O)C1OC1OCC(O)C(OC2OCC(O)(CO)C2O)C1O. The maximum atomic E-state index is 13.8. The first-order valence-corrected chi connectivity index (χ1v) is 20.1. The summed E-state index contributed by atoms with van der Waals surface area (Å²) in [5, 5.41) is 88.0. The number of fused-ring (bicyclic) bond motifs is 5. The second-order valence-electron chi connectivity index (χ2n) is 18.3. The molecule has 4 aliphatic heterocycles. The summed E-state index contributed by atoms with van der Waals surface area (Å²) in [6.07, 6.45) is -6.90. The van der Waals surface area contributed by atoms with Gasteiger partial charge < -0.3 is 74.0 Å². The number of rotatable bonds is 8. The molecule has 19 unspecified atom stereocenters. The van der Waals surface area contributed by atoms with Crippen LogP contribution in [-0.4, -0.2) is 164 Å². The highest BCUT2D eigenvalue weighted by atomic mass is 16.7. The van der Waals surface area contributed by atoms with Gasteiger partial charge in [-0.3, -0.25) is 4.79 Å². The van der Waals surface area contributed by atoms with Crippen LogP contribution < -0.4 is 0 Å². The molecule has 0 amide bonds. The predicted octanol–water partition coefficient (Wildman–Crippen LogP) is -1.29. The topological polar surface area (TPSA) is 261 Å². The third-order valence-electron chi connectivity index (χ3n) is 15.4. The van der Waals surface area contributed by atoms with E-state index in [0.717, 1.165) is 0 Å². The third kappa shape index (κ3) is 6.18. The van der Waals surface area contributed by atoms with Gasteiger partial charge in [0.05, 0.1) is 38.1 Å². The second kappa shape index (κ2) is 14.5. The lowest BCUT2D eigenvalue weighted by Crippen LogP contribution is -2.75. The number of hydrogen-bond acceptors (Lipinski definition) is 17. The Morgan fingerprint density at radius 3 is 2.30 bits per heavy atom. The monoisotopic (exact) mass is 798 g/mol. The molecule has 19 atom stereocenters. The van der Waals surface area contributed by atoms with E-state index in [1.807, 2.05) is 6.92 Å². The molecule has 17 heteroatoms. The van der Waals surface area contributed by atoms with E-state index in [1.54, 1.807) is 6.92 Å². The van der Waals surface area contributed by atoms with Crippen LogP contribution in [0.15, 0.2) is 11.6 Å². The summed E-state index contributed by atoms with van der Waals surface area (Å²) in [6, 6.07) is 0. The Labute approximate surface area is 324 Å². The average Bonchev–Trinajstić information content (AvgIpc) is 3.77. The molecular weight excluding hydrogens is 740 g/mol. The zero-order valence-corrected chi connectivity index (χ0v) is 32.1. The van der Waals surface area contributed by atoms with E-state index in [2.05, 4.69) is 6.92 Å². The largest absolute Gasteiger partial charge is 0.458 e. The Morgan fingerprint density at radius 2 is 1.62 bits per heavy atom. The minimum Gasteiger partial charge on any atom is -0.458 e. The number of hydrogen-bond donors (Lipinski definition) is 8. The molecule has 3 saturated heterocycles. The van der Waals surface area contributed by atoms with Crippen LogP contribution >= 0.6 is 0 Å². The minimum absolute atomic E-state index is 0.0589. The molecule has 0 radical (unpaired) electrons. The van der Waals surface area contributed by atoms with Crippen molar-refractivity contribution < 1.29 is 83.6 Å². The Kier molecular flexibility index (Phi) is 10.6. The molecule has 17 nitrogen and oxygen atoms in total. The summed E-state index contributed by atoms with van der Waals surface area (Å²) in [7, 11) is 0. The van der Waals surface area contributed by atoms with E-state index in [9.17, 15) is 50.4 Å². The maximum Gasteiger partial charge on any atom is 0.331 e. The fraction of sp³-hybridized carbons (Fsp3) is 0.897. The normalized spacial score (nSPS) is 54.6. The molecule has 8 N–H and O–H groups in total. The third-order valence-corrected chi connectivity index (χ3v) is 15.4. The first-order valence-electron chi connectivity index (χ1n) is 20.1. The molecule has 56 heavy (non-hydrogen) atoms. The standard InChI is InChI=1S/C39H58O17/c1-18-30(55-33-29(45)31(24(42)15-51-33)56-34-32(46)37(47,16-40)17-52-34)23(41)13-28(53-18)54-21-5-7-35(2)20(11-21)4-9-38(48)25(35)6-8-36(3)22(12-26(43)39(36,38)49)19-10-27(44)50-14-19/h10,18,20-25,28-34,40-42,45-49H,4-9,11-17H2,1-3H3. The van der Waals surface area contributed by atoms with Crippen LogP contribution in [0.4, 0.5) is 0 Å². The van der Waals surface area contributed by atoms with Crippen LogP contribution in [0.3, 0.4) is 0 Å². The van der Waals surface area contributed by atoms with Crippen molar-refractivity contribution in [2.75, 3.05) is 26.4 Å². The van der Waals surface area contributed by atoms with E-state index in [0.29, 0.717) is 44.1 Å². The van der Waals surface area contributed by atoms with Gasteiger partial charge in [-0.25, -0.2) is 4.79 Å². The molecule has 7 fully saturated rings. The van der Waals surface area contributed by atoms with Crippen molar-refractivity contribution in [1.82, 2.24) is 0 Å². The van der Waals surface area contributed by atoms with Crippen LogP contribution in [0.1, 0.15) is 78.6 Å². The molecule has 4 saturated carbocycles. The van der Waals surface area contributed by atoms with Gasteiger partial charge in [0.2, 0.25) is 0 Å². The first kappa shape index (κ1) is 41.1. The Morgan fingerprint density at radius 1 is 0.875 bits per heavy atom. The lowest BCUT2D eigenvalue weighted by Gasteiger charge is -2.66. The van der Waals surface area contributed by atoms with Crippen molar-refractivity contribution in [2.45, 2.75) is 163 Å². The van der Waals surface area contributed by atoms with Crippen LogP contribution in [-0.2, 0) is 42.7 Å². The Bertz CT molecular complexity index is 1550. The number of ether oxygens (including phenoxy) is 7. The minimum atomic E-state index is -1.96. The van der Waals surface area contributed by atoms with Gasteiger partial charge in [-0.2, -0.15) is 0 Å². The molecule has 0 aromatic heterocycles. The van der Waals surface area contributed by atoms with Gasteiger partial charge in [-0.1, -0.05) is 13.8 Å². The molecule has 316 valence electrons. The van der Waals surface area contributed by atoms with Crippen molar-refractivity contribution in [1.29, 1.82) is 0 Å². The number of esters is 1. The maximum absolute atomic E-state index is 13.8. The summed E-state index contributed by atoms with van der Waals surface area (Å²) in [4.78, 5) is 25.8. The van der Waals surface area contributed by atoms with Gasteiger partial charge in [-0.15, -0.1) is 0 Å². The summed E-state index contributed by atoms with van der Waals surface area (Å²) in [5.74, 6) is -1.38. The van der Waals surface area contributed by atoms with E-state index < -0.39 is 103 Å². The van der Waals surface area contributed by atoms with Gasteiger partial charge in [0.15, 0.2) is 30.3 Å². The highest BCUT2D eigenvalue weighted by Gasteiger charge is 2.77. The first-order chi connectivity index (χ1) is 26.4. The summed E-state index contributed by atoms with van der Waals surface area (Å²) < 4.78 is 40.3. The van der Waals surface area contributed by atoms with E-state index in [1.165, 1.54) is 6.08 Å². The van der Waals surface area contributed by atoms with Crippen molar-refractivity contribution in [3.63, 3.8) is 0 Å². The average molecular weight is 799 g/mol. The van der Waals surface area contributed by atoms with Crippen LogP contribution in [0.5, 0.6) is 0 Å². The van der Waals surface area contributed by atoms with Gasteiger partial charge in [0.1, 0.15) is 48.3 Å². The van der Waals surface area contributed by atoms with Crippen molar-refractivity contribution in [3.8, 4) is 0 Å². The fourth-order valence-corrected chi connectivity index (χ4v) is 12.1. The molecule has 0 aromatic carbocycles. The molecule has 0 bridgehead atoms. The van der Waals surface area contributed by atoms with E-state index in [-0.39, 0.29) is 67.5 Å². The number of ketones is 1.